The van der Waals surface area contributed by atoms with Crippen molar-refractivity contribution in [1.82, 2.24) is 0 Å². The second-order valence-electron chi connectivity index (χ2n) is 5.01. The Bertz CT molecular complexity index is 454. The summed E-state index contributed by atoms with van der Waals surface area (Å²) in [6.45, 7) is -0.904. The number of ether oxygens (including phenoxy) is 1. The average Bonchev–Trinajstić information content (AvgIpc) is 2.70. The molecule has 0 heterocycles. The Hall–Kier alpha value is -1.59. The number of benzene rings is 1. The van der Waals surface area contributed by atoms with Crippen LogP contribution in [0.25, 0.3) is 0 Å². The van der Waals surface area contributed by atoms with Crippen LogP contribution in [-0.4, -0.2) is 12.7 Å². The molecular formula is C13H17F3N2O. The summed E-state index contributed by atoms with van der Waals surface area (Å²) in [4.78, 5) is 0. The lowest BCUT2D eigenvalue weighted by molar-refractivity contribution is -0.0521. The summed E-state index contributed by atoms with van der Waals surface area (Å²) < 4.78 is 41.8. The van der Waals surface area contributed by atoms with Gasteiger partial charge in [0.1, 0.15) is 0 Å². The number of nitrogens with two attached hydrogens (primary N) is 1. The normalized spacial score (nSPS) is 22.8. The number of nitrogen functional groups attached to an aromatic ring is 1. The van der Waals surface area contributed by atoms with Crippen molar-refractivity contribution in [3.8, 4) is 5.75 Å². The minimum atomic E-state index is -3.06. The molecule has 1 fully saturated rings. The summed E-state index contributed by atoms with van der Waals surface area (Å²) in [5, 5.41) is 3.16. The van der Waals surface area contributed by atoms with E-state index in [0.717, 1.165) is 25.3 Å². The largest absolute Gasteiger partial charge is 0.432 e. The Labute approximate surface area is 109 Å². The first-order chi connectivity index (χ1) is 8.95. The van der Waals surface area contributed by atoms with Crippen LogP contribution in [0.15, 0.2) is 12.1 Å². The zero-order valence-corrected chi connectivity index (χ0v) is 10.6. The molecule has 0 aliphatic heterocycles. The second-order valence-corrected chi connectivity index (χ2v) is 5.01. The van der Waals surface area contributed by atoms with Gasteiger partial charge in [-0.1, -0.05) is 6.92 Å². The zero-order valence-electron chi connectivity index (χ0n) is 10.6. The van der Waals surface area contributed by atoms with E-state index in [1.807, 2.05) is 0 Å². The fraction of sp³-hybridized carbons (Fsp3) is 0.538. The molecule has 3 nitrogen and oxygen atoms in total. The van der Waals surface area contributed by atoms with Crippen LogP contribution in [0, 0.1) is 11.7 Å². The fourth-order valence-electron chi connectivity index (χ4n) is 2.44. The van der Waals surface area contributed by atoms with Crippen molar-refractivity contribution in [2.24, 2.45) is 5.92 Å². The van der Waals surface area contributed by atoms with Crippen LogP contribution in [-0.2, 0) is 0 Å². The molecule has 0 saturated heterocycles. The van der Waals surface area contributed by atoms with Crippen molar-refractivity contribution < 1.29 is 17.9 Å². The first kappa shape index (κ1) is 13.8. The van der Waals surface area contributed by atoms with E-state index in [2.05, 4.69) is 17.0 Å². The van der Waals surface area contributed by atoms with Crippen LogP contribution >= 0.6 is 0 Å². The summed E-state index contributed by atoms with van der Waals surface area (Å²) in [5.74, 6) is -0.753. The van der Waals surface area contributed by atoms with E-state index in [1.54, 1.807) is 0 Å². The number of halogens is 3. The van der Waals surface area contributed by atoms with E-state index < -0.39 is 18.2 Å². The Morgan fingerprint density at radius 1 is 1.37 bits per heavy atom. The van der Waals surface area contributed by atoms with Crippen LogP contribution in [0.3, 0.4) is 0 Å². The van der Waals surface area contributed by atoms with Gasteiger partial charge in [0.05, 0.1) is 11.4 Å². The number of hydrogen-bond acceptors (Lipinski definition) is 3. The van der Waals surface area contributed by atoms with E-state index in [-0.39, 0.29) is 11.7 Å². The van der Waals surface area contributed by atoms with Crippen LogP contribution in [0.1, 0.15) is 26.2 Å². The SMILES string of the molecule is CC1CCC(Nc2cc(OC(F)F)c(F)cc2N)C1. The Balaban J connectivity index is 2.15. The van der Waals surface area contributed by atoms with Gasteiger partial charge in [-0.3, -0.25) is 0 Å². The maximum absolute atomic E-state index is 13.4. The van der Waals surface area contributed by atoms with Gasteiger partial charge in [0.15, 0.2) is 11.6 Å². The zero-order chi connectivity index (χ0) is 14.0. The van der Waals surface area contributed by atoms with Gasteiger partial charge in [-0.15, -0.1) is 0 Å². The van der Waals surface area contributed by atoms with Gasteiger partial charge in [0.2, 0.25) is 0 Å². The van der Waals surface area contributed by atoms with Crippen molar-refractivity contribution in [2.45, 2.75) is 38.8 Å². The van der Waals surface area contributed by atoms with Crippen molar-refractivity contribution in [3.05, 3.63) is 17.9 Å². The standard InChI is InChI=1S/C13H17F3N2O/c1-7-2-3-8(4-7)18-11-6-12(19-13(15)16)9(14)5-10(11)17/h5-8,13,18H,2-4,17H2,1H3. The maximum atomic E-state index is 13.4. The molecule has 106 valence electrons. The third-order valence-electron chi connectivity index (χ3n) is 3.37. The molecule has 1 aliphatic rings. The maximum Gasteiger partial charge on any atom is 0.387 e. The Kier molecular flexibility index (Phi) is 4.07. The van der Waals surface area contributed by atoms with Gasteiger partial charge in [0.25, 0.3) is 0 Å². The first-order valence-electron chi connectivity index (χ1n) is 6.26. The lowest BCUT2D eigenvalue weighted by atomic mass is 10.1. The van der Waals surface area contributed by atoms with Crippen LogP contribution in [0.5, 0.6) is 5.75 Å². The van der Waals surface area contributed by atoms with Crippen LogP contribution < -0.4 is 15.8 Å². The third kappa shape index (κ3) is 3.45. The molecule has 0 bridgehead atoms. The van der Waals surface area contributed by atoms with E-state index >= 15 is 0 Å². The van der Waals surface area contributed by atoms with Crippen molar-refractivity contribution >= 4 is 11.4 Å². The molecular weight excluding hydrogens is 257 g/mol. The van der Waals surface area contributed by atoms with Crippen molar-refractivity contribution in [2.75, 3.05) is 11.1 Å². The van der Waals surface area contributed by atoms with E-state index in [0.29, 0.717) is 11.6 Å². The first-order valence-corrected chi connectivity index (χ1v) is 6.26. The van der Waals surface area contributed by atoms with E-state index in [1.165, 1.54) is 6.07 Å². The molecule has 19 heavy (non-hydrogen) atoms. The molecule has 1 saturated carbocycles. The van der Waals surface area contributed by atoms with E-state index in [4.69, 9.17) is 5.73 Å². The molecule has 6 heteroatoms. The van der Waals surface area contributed by atoms with Gasteiger partial charge in [-0.25, -0.2) is 4.39 Å². The highest BCUT2D eigenvalue weighted by Gasteiger charge is 2.22. The summed E-state index contributed by atoms with van der Waals surface area (Å²) in [6, 6.07) is 2.43. The van der Waals surface area contributed by atoms with Gasteiger partial charge >= 0.3 is 6.61 Å². The molecule has 1 aromatic carbocycles. The lowest BCUT2D eigenvalue weighted by Gasteiger charge is -2.17. The smallest absolute Gasteiger partial charge is 0.387 e. The molecule has 0 spiro atoms. The molecule has 1 aromatic rings. The number of alkyl halides is 2. The highest BCUT2D eigenvalue weighted by atomic mass is 19.3. The van der Waals surface area contributed by atoms with Gasteiger partial charge in [-0.2, -0.15) is 8.78 Å². The van der Waals surface area contributed by atoms with Crippen molar-refractivity contribution in [3.63, 3.8) is 0 Å². The predicted octanol–water partition coefficient (Wildman–Crippen LogP) is 3.61. The summed E-state index contributed by atoms with van der Waals surface area (Å²) in [6.07, 6.45) is 3.09. The fourth-order valence-corrected chi connectivity index (χ4v) is 2.44. The molecule has 2 rings (SSSR count). The topological polar surface area (TPSA) is 47.3 Å². The summed E-state index contributed by atoms with van der Waals surface area (Å²) in [5.41, 5.74) is 6.32. The summed E-state index contributed by atoms with van der Waals surface area (Å²) >= 11 is 0. The highest BCUT2D eigenvalue weighted by molar-refractivity contribution is 5.69. The van der Waals surface area contributed by atoms with Gasteiger partial charge in [-0.05, 0) is 25.2 Å². The molecule has 0 amide bonds. The van der Waals surface area contributed by atoms with Gasteiger partial charge in [0, 0.05) is 18.2 Å². The Morgan fingerprint density at radius 3 is 2.68 bits per heavy atom. The van der Waals surface area contributed by atoms with E-state index in [9.17, 15) is 13.2 Å². The van der Waals surface area contributed by atoms with Gasteiger partial charge < -0.3 is 15.8 Å². The average molecular weight is 274 g/mol. The highest BCUT2D eigenvalue weighted by Crippen LogP contribution is 2.33. The molecule has 3 N–H and O–H groups in total. The molecule has 2 atom stereocenters. The monoisotopic (exact) mass is 274 g/mol. The van der Waals surface area contributed by atoms with Crippen LogP contribution in [0.4, 0.5) is 24.5 Å². The summed E-state index contributed by atoms with van der Waals surface area (Å²) in [7, 11) is 0. The minimum Gasteiger partial charge on any atom is -0.432 e. The number of anilines is 2. The molecule has 0 aromatic heterocycles. The molecule has 1 aliphatic carbocycles. The third-order valence-corrected chi connectivity index (χ3v) is 3.37. The number of hydrogen-bond donors (Lipinski definition) is 2. The Morgan fingerprint density at radius 2 is 2.11 bits per heavy atom. The molecule has 0 radical (unpaired) electrons. The predicted molar refractivity (Wildman–Crippen MR) is 67.9 cm³/mol. The molecule has 2 unspecified atom stereocenters. The van der Waals surface area contributed by atoms with Crippen molar-refractivity contribution in [1.29, 1.82) is 0 Å². The number of nitrogens with one attached hydrogen (secondary N) is 1. The minimum absolute atomic E-state index is 0.193. The lowest BCUT2D eigenvalue weighted by Crippen LogP contribution is -2.17. The number of rotatable bonds is 4. The second kappa shape index (κ2) is 5.59. The van der Waals surface area contributed by atoms with Crippen LogP contribution in [0.2, 0.25) is 0 Å². The quantitative estimate of drug-likeness (QED) is 0.824.